The molecule has 4 heteroatoms. The van der Waals surface area contributed by atoms with E-state index >= 15 is 0 Å². The minimum absolute atomic E-state index is 0.723. The third-order valence-electron chi connectivity index (χ3n) is 4.49. The molecule has 2 heterocycles. The van der Waals surface area contributed by atoms with Crippen LogP contribution in [-0.4, -0.2) is 74.2 Å². The summed E-state index contributed by atoms with van der Waals surface area (Å²) in [6, 6.07) is 0.723. The highest BCUT2D eigenvalue weighted by atomic mass is 15.5. The number of piperidine rings is 1. The van der Waals surface area contributed by atoms with Crippen LogP contribution in [0.25, 0.3) is 0 Å². The van der Waals surface area contributed by atoms with Crippen molar-refractivity contribution in [1.82, 2.24) is 20.2 Å². The van der Waals surface area contributed by atoms with Crippen molar-refractivity contribution < 1.29 is 0 Å². The first-order valence-corrected chi connectivity index (χ1v) is 8.04. The second-order valence-corrected chi connectivity index (χ2v) is 5.74. The van der Waals surface area contributed by atoms with Gasteiger partial charge in [0.05, 0.1) is 0 Å². The molecule has 2 fully saturated rings. The molecule has 4 nitrogen and oxygen atoms in total. The topological polar surface area (TPSA) is 21.8 Å². The van der Waals surface area contributed by atoms with Gasteiger partial charge in [-0.1, -0.05) is 13.8 Å². The molecule has 0 saturated carbocycles. The van der Waals surface area contributed by atoms with Crippen LogP contribution in [0.15, 0.2) is 0 Å². The average molecular weight is 270 g/mol. The van der Waals surface area contributed by atoms with E-state index < -0.39 is 0 Å². The molecule has 2 saturated heterocycles. The number of hydrogen-bond acceptors (Lipinski definition) is 4. The summed E-state index contributed by atoms with van der Waals surface area (Å²) in [6.07, 6.45) is 2.70. The van der Waals surface area contributed by atoms with Crippen molar-refractivity contribution in [2.24, 2.45) is 5.92 Å². The molecular formula is C15H34N4. The lowest BCUT2D eigenvalue weighted by Gasteiger charge is -2.40. The van der Waals surface area contributed by atoms with E-state index in [9.17, 15) is 0 Å². The van der Waals surface area contributed by atoms with Crippen molar-refractivity contribution in [3.8, 4) is 0 Å². The van der Waals surface area contributed by atoms with Crippen molar-refractivity contribution in [2.45, 2.75) is 39.7 Å². The van der Waals surface area contributed by atoms with Gasteiger partial charge >= 0.3 is 0 Å². The van der Waals surface area contributed by atoms with Gasteiger partial charge in [0.2, 0.25) is 0 Å². The van der Waals surface area contributed by atoms with Crippen LogP contribution in [0.5, 0.6) is 0 Å². The van der Waals surface area contributed by atoms with Crippen LogP contribution in [0.2, 0.25) is 0 Å². The SMILES string of the molecule is CC.CNN1CCC(CN2CCN(C)C(C)C2)CC1. The van der Waals surface area contributed by atoms with Crippen molar-refractivity contribution in [1.29, 1.82) is 0 Å². The predicted molar refractivity (Wildman–Crippen MR) is 83.2 cm³/mol. The fourth-order valence-electron chi connectivity index (χ4n) is 2.99. The molecule has 0 spiro atoms. The Morgan fingerprint density at radius 1 is 1.05 bits per heavy atom. The van der Waals surface area contributed by atoms with E-state index in [0.717, 1.165) is 12.0 Å². The molecule has 0 amide bonds. The Hall–Kier alpha value is -0.160. The second-order valence-electron chi connectivity index (χ2n) is 5.74. The van der Waals surface area contributed by atoms with E-state index in [1.165, 1.54) is 52.1 Å². The monoisotopic (exact) mass is 270 g/mol. The third kappa shape index (κ3) is 5.38. The lowest BCUT2D eigenvalue weighted by atomic mass is 9.96. The largest absolute Gasteiger partial charge is 0.301 e. The molecule has 0 radical (unpaired) electrons. The molecule has 1 atom stereocenters. The molecule has 0 aliphatic carbocycles. The smallest absolute Gasteiger partial charge is 0.0192 e. The molecule has 2 aliphatic heterocycles. The van der Waals surface area contributed by atoms with Crippen LogP contribution in [0.3, 0.4) is 0 Å². The van der Waals surface area contributed by atoms with Crippen molar-refractivity contribution in [2.75, 3.05) is 53.4 Å². The summed E-state index contributed by atoms with van der Waals surface area (Å²) in [6.45, 7) is 13.8. The molecule has 0 aromatic carbocycles. The molecule has 2 aliphatic rings. The van der Waals surface area contributed by atoms with Gasteiger partial charge in [-0.3, -0.25) is 5.43 Å². The van der Waals surface area contributed by atoms with Crippen LogP contribution >= 0.6 is 0 Å². The van der Waals surface area contributed by atoms with E-state index in [2.05, 4.69) is 34.2 Å². The summed E-state index contributed by atoms with van der Waals surface area (Å²) >= 11 is 0. The van der Waals surface area contributed by atoms with Crippen molar-refractivity contribution in [3.05, 3.63) is 0 Å². The van der Waals surface area contributed by atoms with Gasteiger partial charge < -0.3 is 9.80 Å². The van der Waals surface area contributed by atoms with Crippen LogP contribution in [0.1, 0.15) is 33.6 Å². The standard InChI is InChI=1S/C13H28N4.C2H6/c1-12-10-16(9-8-15(12)3)11-13-4-6-17(14-2)7-5-13;1-2/h12-14H,4-11H2,1-3H3;1-2H3. The zero-order chi connectivity index (χ0) is 14.3. The molecule has 1 N–H and O–H groups in total. The van der Waals surface area contributed by atoms with E-state index in [0.29, 0.717) is 0 Å². The Morgan fingerprint density at radius 3 is 2.21 bits per heavy atom. The number of rotatable bonds is 3. The van der Waals surface area contributed by atoms with Gasteiger partial charge in [0.15, 0.2) is 0 Å². The zero-order valence-electron chi connectivity index (χ0n) is 13.7. The second kappa shape index (κ2) is 8.90. The van der Waals surface area contributed by atoms with Gasteiger partial charge in [0, 0.05) is 45.3 Å². The molecule has 2 rings (SSSR count). The van der Waals surface area contributed by atoms with Crippen LogP contribution in [0.4, 0.5) is 0 Å². The highest BCUT2D eigenvalue weighted by Crippen LogP contribution is 2.18. The lowest BCUT2D eigenvalue weighted by Crippen LogP contribution is -2.52. The van der Waals surface area contributed by atoms with Gasteiger partial charge in [-0.25, -0.2) is 5.01 Å². The van der Waals surface area contributed by atoms with Gasteiger partial charge in [-0.05, 0) is 39.8 Å². The van der Waals surface area contributed by atoms with Gasteiger partial charge in [-0.2, -0.15) is 0 Å². The number of hydrazine groups is 1. The molecule has 0 bridgehead atoms. The fourth-order valence-corrected chi connectivity index (χ4v) is 2.99. The average Bonchev–Trinajstić information content (AvgIpc) is 2.46. The molecule has 0 aromatic heterocycles. The first-order chi connectivity index (χ1) is 9.19. The van der Waals surface area contributed by atoms with Gasteiger partial charge in [0.1, 0.15) is 0 Å². The number of piperazine rings is 1. The maximum Gasteiger partial charge on any atom is 0.0192 e. The molecule has 0 aromatic rings. The normalized spacial score (nSPS) is 27.9. The van der Waals surface area contributed by atoms with E-state index in [4.69, 9.17) is 0 Å². The quantitative estimate of drug-likeness (QED) is 0.839. The van der Waals surface area contributed by atoms with Crippen LogP contribution < -0.4 is 5.43 Å². The highest BCUT2D eigenvalue weighted by Gasteiger charge is 2.25. The Labute approximate surface area is 120 Å². The zero-order valence-corrected chi connectivity index (χ0v) is 13.7. The Balaban J connectivity index is 0.000000861. The van der Waals surface area contributed by atoms with Gasteiger partial charge in [-0.15, -0.1) is 0 Å². The first kappa shape index (κ1) is 16.9. The van der Waals surface area contributed by atoms with Crippen molar-refractivity contribution >= 4 is 0 Å². The number of nitrogens with one attached hydrogen (secondary N) is 1. The summed E-state index contributed by atoms with van der Waals surface area (Å²) < 4.78 is 0. The van der Waals surface area contributed by atoms with Crippen LogP contribution in [-0.2, 0) is 0 Å². The molecule has 19 heavy (non-hydrogen) atoms. The van der Waals surface area contributed by atoms with Gasteiger partial charge in [0.25, 0.3) is 0 Å². The number of nitrogens with zero attached hydrogens (tertiary/aromatic N) is 3. The van der Waals surface area contributed by atoms with E-state index in [1.807, 2.05) is 20.9 Å². The fraction of sp³-hybridized carbons (Fsp3) is 1.00. The number of likely N-dealkylation sites (N-methyl/N-ethyl adjacent to an activating group) is 1. The molecule has 1 unspecified atom stereocenters. The molecule has 114 valence electrons. The summed E-state index contributed by atoms with van der Waals surface area (Å²) in [7, 11) is 4.27. The summed E-state index contributed by atoms with van der Waals surface area (Å²) in [5.74, 6) is 0.912. The summed E-state index contributed by atoms with van der Waals surface area (Å²) in [5, 5.41) is 2.34. The third-order valence-corrected chi connectivity index (χ3v) is 4.49. The van der Waals surface area contributed by atoms with Crippen LogP contribution in [0, 0.1) is 5.92 Å². The Morgan fingerprint density at radius 2 is 1.68 bits per heavy atom. The Kier molecular flexibility index (Phi) is 7.91. The summed E-state index contributed by atoms with van der Waals surface area (Å²) in [4.78, 5) is 5.14. The predicted octanol–water partition coefficient (Wildman–Crippen LogP) is 1.49. The minimum Gasteiger partial charge on any atom is -0.301 e. The minimum atomic E-state index is 0.723. The van der Waals surface area contributed by atoms with Crippen molar-refractivity contribution in [3.63, 3.8) is 0 Å². The van der Waals surface area contributed by atoms with E-state index in [-0.39, 0.29) is 0 Å². The summed E-state index contributed by atoms with van der Waals surface area (Å²) in [5.41, 5.74) is 3.25. The number of hydrogen-bond donors (Lipinski definition) is 1. The maximum absolute atomic E-state index is 3.25. The van der Waals surface area contributed by atoms with E-state index in [1.54, 1.807) is 0 Å². The maximum atomic E-state index is 3.25. The highest BCUT2D eigenvalue weighted by molar-refractivity contribution is 4.80. The first-order valence-electron chi connectivity index (χ1n) is 8.04. The Bertz CT molecular complexity index is 226. The molecular weight excluding hydrogens is 236 g/mol. The lowest BCUT2D eigenvalue weighted by molar-refractivity contribution is 0.0683.